The number of amides is 1. The highest BCUT2D eigenvalue weighted by Gasteiger charge is 2.34. The number of aryl methyl sites for hydroxylation is 1. The molecule has 0 bridgehead atoms. The first kappa shape index (κ1) is 17.0. The maximum absolute atomic E-state index is 12.5. The predicted molar refractivity (Wildman–Crippen MR) is 93.8 cm³/mol. The molecule has 0 spiro atoms. The summed E-state index contributed by atoms with van der Waals surface area (Å²) in [6, 6.07) is 7.25. The van der Waals surface area contributed by atoms with E-state index in [1.165, 1.54) is 0 Å². The van der Waals surface area contributed by atoms with Gasteiger partial charge in [0.05, 0.1) is 34.2 Å². The molecule has 1 aliphatic carbocycles. The molecule has 2 N–H and O–H groups in total. The van der Waals surface area contributed by atoms with E-state index < -0.39 is 5.54 Å². The van der Waals surface area contributed by atoms with Gasteiger partial charge in [-0.2, -0.15) is 5.10 Å². The van der Waals surface area contributed by atoms with Crippen LogP contribution in [0.4, 0.5) is 0 Å². The van der Waals surface area contributed by atoms with Crippen LogP contribution in [0.2, 0.25) is 5.02 Å². The second-order valence-electron chi connectivity index (χ2n) is 6.54. The Hall–Kier alpha value is -1.85. The first-order valence-electron chi connectivity index (χ1n) is 8.21. The molecule has 0 saturated heterocycles. The van der Waals surface area contributed by atoms with Gasteiger partial charge in [-0.15, -0.1) is 0 Å². The van der Waals surface area contributed by atoms with E-state index in [1.807, 2.05) is 26.0 Å². The van der Waals surface area contributed by atoms with Crippen molar-refractivity contribution in [2.24, 2.45) is 0 Å². The number of aromatic nitrogens is 2. The van der Waals surface area contributed by atoms with Crippen molar-refractivity contribution in [3.8, 4) is 5.69 Å². The highest BCUT2D eigenvalue weighted by Crippen LogP contribution is 2.29. The summed E-state index contributed by atoms with van der Waals surface area (Å²) < 4.78 is 1.77. The van der Waals surface area contributed by atoms with Crippen LogP contribution >= 0.6 is 11.6 Å². The van der Waals surface area contributed by atoms with Crippen LogP contribution in [0.15, 0.2) is 24.3 Å². The number of benzene rings is 1. The molecule has 0 unspecified atom stereocenters. The van der Waals surface area contributed by atoms with Crippen molar-refractivity contribution < 1.29 is 9.90 Å². The molecule has 6 heteroatoms. The molecule has 1 aliphatic rings. The molecular formula is C18H22ClN3O2. The average molecular weight is 348 g/mol. The van der Waals surface area contributed by atoms with Gasteiger partial charge in [-0.1, -0.05) is 24.4 Å². The Kier molecular flexibility index (Phi) is 4.65. The fourth-order valence-corrected chi connectivity index (χ4v) is 3.43. The molecule has 5 nitrogen and oxygen atoms in total. The van der Waals surface area contributed by atoms with Gasteiger partial charge < -0.3 is 10.4 Å². The number of carbonyl (C=O) groups is 1. The fraction of sp³-hybridized carbons (Fsp3) is 0.444. The molecule has 2 aromatic rings. The Labute approximate surface area is 146 Å². The van der Waals surface area contributed by atoms with Crippen molar-refractivity contribution in [2.75, 3.05) is 6.61 Å². The summed E-state index contributed by atoms with van der Waals surface area (Å²) in [6.07, 6.45) is 3.74. The van der Waals surface area contributed by atoms with Crippen LogP contribution in [0.5, 0.6) is 0 Å². The maximum Gasteiger partial charge on any atom is 0.251 e. The van der Waals surface area contributed by atoms with Crippen molar-refractivity contribution in [2.45, 2.75) is 45.1 Å². The Morgan fingerprint density at radius 3 is 2.42 bits per heavy atom. The lowest BCUT2D eigenvalue weighted by Crippen LogP contribution is -2.49. The van der Waals surface area contributed by atoms with Crippen LogP contribution < -0.4 is 5.32 Å². The third kappa shape index (κ3) is 3.06. The van der Waals surface area contributed by atoms with E-state index in [4.69, 9.17) is 11.6 Å². The van der Waals surface area contributed by atoms with Gasteiger partial charge in [-0.25, -0.2) is 4.68 Å². The third-order valence-electron chi connectivity index (χ3n) is 4.82. The number of nitrogens with zero attached hydrogens (tertiary/aromatic N) is 2. The minimum Gasteiger partial charge on any atom is -0.394 e. The van der Waals surface area contributed by atoms with E-state index in [2.05, 4.69) is 10.4 Å². The van der Waals surface area contributed by atoms with E-state index in [0.717, 1.165) is 42.8 Å². The van der Waals surface area contributed by atoms with Gasteiger partial charge >= 0.3 is 0 Å². The summed E-state index contributed by atoms with van der Waals surface area (Å²) in [5.41, 5.74) is 2.63. The Balaban J connectivity index is 1.79. The van der Waals surface area contributed by atoms with Crippen molar-refractivity contribution in [1.29, 1.82) is 0 Å². The highest BCUT2D eigenvalue weighted by atomic mass is 35.5. The van der Waals surface area contributed by atoms with Crippen LogP contribution in [0.25, 0.3) is 5.69 Å². The van der Waals surface area contributed by atoms with E-state index in [-0.39, 0.29) is 12.5 Å². The van der Waals surface area contributed by atoms with Gasteiger partial charge in [0.25, 0.3) is 5.91 Å². The minimum absolute atomic E-state index is 0.0128. The normalized spacial score (nSPS) is 16.3. The van der Waals surface area contributed by atoms with Crippen LogP contribution in [0.1, 0.15) is 47.4 Å². The molecule has 0 aliphatic heterocycles. The molecule has 1 heterocycles. The second kappa shape index (κ2) is 6.57. The lowest BCUT2D eigenvalue weighted by atomic mass is 9.98. The number of hydrogen-bond donors (Lipinski definition) is 2. The lowest BCUT2D eigenvalue weighted by Gasteiger charge is -2.28. The lowest BCUT2D eigenvalue weighted by molar-refractivity contribution is 0.0838. The summed E-state index contributed by atoms with van der Waals surface area (Å²) in [5.74, 6) is -0.149. The molecule has 3 rings (SSSR count). The average Bonchev–Trinajstić information content (AvgIpc) is 3.16. The van der Waals surface area contributed by atoms with E-state index >= 15 is 0 Å². The Morgan fingerprint density at radius 1 is 1.29 bits per heavy atom. The SMILES string of the molecule is Cc1nn(-c2ccc(C(=O)NC3(CO)CCCC3)cc2)c(C)c1Cl. The standard InChI is InChI=1S/C18H22ClN3O2/c1-12-16(19)13(2)22(21-12)15-7-5-14(6-8-15)17(24)20-18(11-23)9-3-4-10-18/h5-8,23H,3-4,9-11H2,1-2H3,(H,20,24). The van der Waals surface area contributed by atoms with E-state index in [1.54, 1.807) is 16.8 Å². The smallest absolute Gasteiger partial charge is 0.251 e. The number of carbonyl (C=O) groups excluding carboxylic acids is 1. The van der Waals surface area contributed by atoms with Crippen LogP contribution in [-0.2, 0) is 0 Å². The summed E-state index contributed by atoms with van der Waals surface area (Å²) in [7, 11) is 0. The Bertz CT molecular complexity index is 746. The van der Waals surface area contributed by atoms with Gasteiger partial charge in [-0.3, -0.25) is 4.79 Å². The molecule has 0 radical (unpaired) electrons. The maximum atomic E-state index is 12.5. The van der Waals surface area contributed by atoms with E-state index in [0.29, 0.717) is 10.6 Å². The number of halogens is 1. The van der Waals surface area contributed by atoms with Gasteiger partial charge in [-0.05, 0) is 51.0 Å². The number of hydrogen-bond acceptors (Lipinski definition) is 3. The third-order valence-corrected chi connectivity index (χ3v) is 5.37. The van der Waals surface area contributed by atoms with Crippen molar-refractivity contribution in [3.63, 3.8) is 0 Å². The molecule has 128 valence electrons. The topological polar surface area (TPSA) is 67.2 Å². The van der Waals surface area contributed by atoms with Crippen molar-refractivity contribution in [1.82, 2.24) is 15.1 Å². The summed E-state index contributed by atoms with van der Waals surface area (Å²) in [5, 5.41) is 17.7. The van der Waals surface area contributed by atoms with Gasteiger partial charge in [0.1, 0.15) is 0 Å². The summed E-state index contributed by atoms with van der Waals surface area (Å²) in [4.78, 5) is 12.5. The molecule has 1 aromatic heterocycles. The van der Waals surface area contributed by atoms with Crippen molar-refractivity contribution >= 4 is 17.5 Å². The minimum atomic E-state index is -0.459. The molecular weight excluding hydrogens is 326 g/mol. The fourth-order valence-electron chi connectivity index (χ4n) is 3.32. The zero-order chi connectivity index (χ0) is 17.3. The number of aliphatic hydroxyl groups is 1. The van der Waals surface area contributed by atoms with Gasteiger partial charge in [0.15, 0.2) is 0 Å². The largest absolute Gasteiger partial charge is 0.394 e. The quantitative estimate of drug-likeness (QED) is 0.892. The number of nitrogens with one attached hydrogen (secondary N) is 1. The highest BCUT2D eigenvalue weighted by molar-refractivity contribution is 6.31. The number of aliphatic hydroxyl groups excluding tert-OH is 1. The molecule has 1 amide bonds. The van der Waals surface area contributed by atoms with Gasteiger partial charge in [0, 0.05) is 5.56 Å². The molecule has 0 atom stereocenters. The zero-order valence-electron chi connectivity index (χ0n) is 14.0. The van der Waals surface area contributed by atoms with Crippen LogP contribution in [0, 0.1) is 13.8 Å². The van der Waals surface area contributed by atoms with Crippen molar-refractivity contribution in [3.05, 3.63) is 46.2 Å². The monoisotopic (exact) mass is 347 g/mol. The molecule has 1 saturated carbocycles. The molecule has 1 aromatic carbocycles. The van der Waals surface area contributed by atoms with E-state index in [9.17, 15) is 9.90 Å². The summed E-state index contributed by atoms with van der Waals surface area (Å²) >= 11 is 6.19. The van der Waals surface area contributed by atoms with Gasteiger partial charge in [0.2, 0.25) is 0 Å². The molecule has 24 heavy (non-hydrogen) atoms. The second-order valence-corrected chi connectivity index (χ2v) is 6.92. The summed E-state index contributed by atoms with van der Waals surface area (Å²) in [6.45, 7) is 3.76. The molecule has 1 fully saturated rings. The first-order valence-corrected chi connectivity index (χ1v) is 8.59. The van der Waals surface area contributed by atoms with Crippen LogP contribution in [-0.4, -0.2) is 32.9 Å². The Morgan fingerprint density at radius 2 is 1.92 bits per heavy atom. The first-order chi connectivity index (χ1) is 11.5. The predicted octanol–water partition coefficient (Wildman–Crippen LogP) is 3.18. The zero-order valence-corrected chi connectivity index (χ0v) is 14.7. The number of rotatable bonds is 4. The van der Waals surface area contributed by atoms with Crippen LogP contribution in [0.3, 0.4) is 0 Å².